The second kappa shape index (κ2) is 7.03. The predicted molar refractivity (Wildman–Crippen MR) is 86.6 cm³/mol. The molecule has 2 aromatic carbocycles. The Kier molecular flexibility index (Phi) is 5.34. The van der Waals surface area contributed by atoms with E-state index in [0.717, 1.165) is 0 Å². The van der Waals surface area contributed by atoms with E-state index in [-0.39, 0.29) is 5.91 Å². The number of halogens is 3. The van der Waals surface area contributed by atoms with Crippen LogP contribution < -0.4 is 10.1 Å². The minimum absolute atomic E-state index is 0.289. The van der Waals surface area contributed by atoms with Gasteiger partial charge >= 0.3 is 0 Å². The molecule has 0 bridgehead atoms. The van der Waals surface area contributed by atoms with Crippen LogP contribution in [0.2, 0.25) is 15.1 Å². The number of amides is 1. The van der Waals surface area contributed by atoms with Crippen molar-refractivity contribution in [3.05, 3.63) is 57.5 Å². The summed E-state index contributed by atoms with van der Waals surface area (Å²) in [6.45, 7) is 1.62. The second-order valence-electron chi connectivity index (χ2n) is 4.31. The van der Waals surface area contributed by atoms with Crippen molar-refractivity contribution in [3.8, 4) is 5.75 Å². The highest BCUT2D eigenvalue weighted by atomic mass is 35.5. The lowest BCUT2D eigenvalue weighted by Gasteiger charge is -2.16. The Balaban J connectivity index is 2.06. The monoisotopic (exact) mass is 343 g/mol. The van der Waals surface area contributed by atoms with Crippen LogP contribution in [-0.2, 0) is 4.79 Å². The molecular formula is C15H12Cl3NO2. The van der Waals surface area contributed by atoms with Crippen LogP contribution in [0, 0.1) is 0 Å². The average molecular weight is 345 g/mol. The van der Waals surface area contributed by atoms with Crippen molar-refractivity contribution in [3.63, 3.8) is 0 Å². The quantitative estimate of drug-likeness (QED) is 0.788. The lowest BCUT2D eigenvalue weighted by Crippen LogP contribution is -2.30. The fourth-order valence-electron chi connectivity index (χ4n) is 1.60. The summed E-state index contributed by atoms with van der Waals surface area (Å²) in [7, 11) is 0. The van der Waals surface area contributed by atoms with Gasteiger partial charge in [0.1, 0.15) is 5.75 Å². The third-order valence-corrected chi connectivity index (χ3v) is 3.71. The van der Waals surface area contributed by atoms with Crippen LogP contribution in [0.5, 0.6) is 5.75 Å². The summed E-state index contributed by atoms with van der Waals surface area (Å²) in [5.41, 5.74) is 0.693. The van der Waals surface area contributed by atoms with Crippen LogP contribution in [0.25, 0.3) is 0 Å². The van der Waals surface area contributed by atoms with Gasteiger partial charge < -0.3 is 10.1 Å². The molecule has 0 aliphatic rings. The lowest BCUT2D eigenvalue weighted by molar-refractivity contribution is -0.122. The first-order valence-corrected chi connectivity index (χ1v) is 7.28. The second-order valence-corrected chi connectivity index (χ2v) is 5.53. The zero-order valence-corrected chi connectivity index (χ0v) is 13.3. The molecule has 0 aliphatic carbocycles. The van der Waals surface area contributed by atoms with Crippen LogP contribution in [0.3, 0.4) is 0 Å². The maximum absolute atomic E-state index is 12.0. The average Bonchev–Trinajstić information content (AvgIpc) is 2.45. The smallest absolute Gasteiger partial charge is 0.265 e. The maximum Gasteiger partial charge on any atom is 0.265 e. The van der Waals surface area contributed by atoms with Crippen LogP contribution in [0.15, 0.2) is 42.5 Å². The Morgan fingerprint density at radius 1 is 1.05 bits per heavy atom. The number of carbonyl (C=O) groups excluding carboxylic acids is 1. The maximum atomic E-state index is 12.0. The first-order valence-electron chi connectivity index (χ1n) is 6.14. The summed E-state index contributed by atoms with van der Waals surface area (Å²) in [4.78, 5) is 12.0. The Bertz CT molecular complexity index is 647. The van der Waals surface area contributed by atoms with E-state index < -0.39 is 6.10 Å². The van der Waals surface area contributed by atoms with Crippen molar-refractivity contribution in [1.29, 1.82) is 0 Å². The van der Waals surface area contributed by atoms with Crippen LogP contribution in [0.1, 0.15) is 6.92 Å². The molecule has 0 saturated carbocycles. The first-order chi connectivity index (χ1) is 9.97. The van der Waals surface area contributed by atoms with Crippen molar-refractivity contribution in [2.24, 2.45) is 0 Å². The molecule has 1 N–H and O–H groups in total. The number of anilines is 1. The van der Waals surface area contributed by atoms with E-state index in [2.05, 4.69) is 5.32 Å². The molecule has 0 spiro atoms. The van der Waals surface area contributed by atoms with Crippen molar-refractivity contribution < 1.29 is 9.53 Å². The number of nitrogens with one attached hydrogen (secondary N) is 1. The van der Waals surface area contributed by atoms with Gasteiger partial charge in [0.2, 0.25) is 0 Å². The van der Waals surface area contributed by atoms with Gasteiger partial charge in [-0.2, -0.15) is 0 Å². The SMILES string of the molecule is CC(Oc1cc(Cl)c(Cl)cc1Cl)C(=O)Nc1ccccc1. The topological polar surface area (TPSA) is 38.3 Å². The molecule has 6 heteroatoms. The van der Waals surface area contributed by atoms with Gasteiger partial charge in [0.05, 0.1) is 15.1 Å². The molecule has 0 aromatic heterocycles. The number of hydrogen-bond acceptors (Lipinski definition) is 2. The molecule has 1 amide bonds. The number of ether oxygens (including phenoxy) is 1. The highest BCUT2D eigenvalue weighted by Crippen LogP contribution is 2.34. The van der Waals surface area contributed by atoms with E-state index in [0.29, 0.717) is 26.5 Å². The molecular weight excluding hydrogens is 333 g/mol. The third-order valence-electron chi connectivity index (χ3n) is 2.69. The fraction of sp³-hybridized carbons (Fsp3) is 0.133. The highest BCUT2D eigenvalue weighted by Gasteiger charge is 2.17. The fourth-order valence-corrected chi connectivity index (χ4v) is 2.19. The summed E-state index contributed by atoms with van der Waals surface area (Å²) in [5, 5.41) is 3.68. The van der Waals surface area contributed by atoms with Gasteiger partial charge in [0.15, 0.2) is 6.10 Å². The van der Waals surface area contributed by atoms with Gasteiger partial charge in [-0.15, -0.1) is 0 Å². The van der Waals surface area contributed by atoms with Gasteiger partial charge in [0.25, 0.3) is 5.91 Å². The zero-order chi connectivity index (χ0) is 15.4. The first kappa shape index (κ1) is 16.0. The van der Waals surface area contributed by atoms with Crippen molar-refractivity contribution in [2.45, 2.75) is 13.0 Å². The largest absolute Gasteiger partial charge is 0.479 e. The molecule has 1 unspecified atom stereocenters. The third kappa shape index (κ3) is 4.27. The van der Waals surface area contributed by atoms with E-state index in [1.165, 1.54) is 12.1 Å². The molecule has 21 heavy (non-hydrogen) atoms. The van der Waals surface area contributed by atoms with E-state index in [1.807, 2.05) is 18.2 Å². The molecule has 0 aliphatic heterocycles. The van der Waals surface area contributed by atoms with E-state index in [1.54, 1.807) is 19.1 Å². The minimum atomic E-state index is -0.736. The molecule has 2 rings (SSSR count). The van der Waals surface area contributed by atoms with Gasteiger partial charge in [-0.3, -0.25) is 4.79 Å². The number of benzene rings is 2. The standard InChI is InChI=1S/C15H12Cl3NO2/c1-9(15(20)19-10-5-3-2-4-6-10)21-14-8-12(17)11(16)7-13(14)18/h2-9H,1H3,(H,19,20). The Labute approximate surface area is 137 Å². The van der Waals surface area contributed by atoms with E-state index in [9.17, 15) is 4.79 Å². The summed E-state index contributed by atoms with van der Waals surface area (Å²) in [5.74, 6) is 0.0186. The summed E-state index contributed by atoms with van der Waals surface area (Å²) >= 11 is 17.8. The van der Waals surface area contributed by atoms with Crippen LogP contribution in [0.4, 0.5) is 5.69 Å². The lowest BCUT2D eigenvalue weighted by atomic mass is 10.3. The number of carbonyl (C=O) groups is 1. The summed E-state index contributed by atoms with van der Waals surface area (Å²) in [6.07, 6.45) is -0.736. The normalized spacial score (nSPS) is 11.8. The molecule has 1 atom stereocenters. The van der Waals surface area contributed by atoms with Gasteiger partial charge in [-0.1, -0.05) is 53.0 Å². The number of para-hydroxylation sites is 1. The van der Waals surface area contributed by atoms with E-state index >= 15 is 0 Å². The van der Waals surface area contributed by atoms with Crippen LogP contribution >= 0.6 is 34.8 Å². The number of rotatable bonds is 4. The summed E-state index contributed by atoms with van der Waals surface area (Å²) < 4.78 is 5.53. The predicted octanol–water partition coefficient (Wildman–Crippen LogP) is 5.05. The van der Waals surface area contributed by atoms with Crippen molar-refractivity contribution in [1.82, 2.24) is 0 Å². The molecule has 3 nitrogen and oxygen atoms in total. The number of hydrogen-bond donors (Lipinski definition) is 1. The van der Waals surface area contributed by atoms with Gasteiger partial charge in [-0.25, -0.2) is 0 Å². The molecule has 110 valence electrons. The molecule has 2 aromatic rings. The molecule has 0 fully saturated rings. The zero-order valence-electron chi connectivity index (χ0n) is 11.1. The van der Waals surface area contributed by atoms with Crippen molar-refractivity contribution in [2.75, 3.05) is 5.32 Å². The molecule has 0 heterocycles. The molecule has 0 saturated heterocycles. The Morgan fingerprint density at radius 2 is 1.67 bits per heavy atom. The van der Waals surface area contributed by atoms with Gasteiger partial charge in [-0.05, 0) is 25.1 Å². The summed E-state index contributed by atoms with van der Waals surface area (Å²) in [6, 6.07) is 12.1. The highest BCUT2D eigenvalue weighted by molar-refractivity contribution is 6.43. The molecule has 0 radical (unpaired) electrons. The van der Waals surface area contributed by atoms with E-state index in [4.69, 9.17) is 39.5 Å². The van der Waals surface area contributed by atoms with Crippen molar-refractivity contribution >= 4 is 46.4 Å². The van der Waals surface area contributed by atoms with Gasteiger partial charge in [0, 0.05) is 11.8 Å². The Morgan fingerprint density at radius 3 is 2.33 bits per heavy atom. The Hall–Kier alpha value is -1.42. The van der Waals surface area contributed by atoms with Crippen LogP contribution in [-0.4, -0.2) is 12.0 Å². The minimum Gasteiger partial charge on any atom is -0.479 e.